The Hall–Kier alpha value is -1.51. The van der Waals surface area contributed by atoms with Crippen LogP contribution in [0.1, 0.15) is 31.0 Å². The molecule has 0 atom stereocenters. The lowest BCUT2D eigenvalue weighted by Crippen LogP contribution is -2.12. The lowest BCUT2D eigenvalue weighted by molar-refractivity contribution is 0.398. The van der Waals surface area contributed by atoms with Crippen LogP contribution in [-0.2, 0) is 0 Å². The van der Waals surface area contributed by atoms with E-state index in [1.807, 2.05) is 18.3 Å². The molecule has 3 rings (SSSR count). The highest BCUT2D eigenvalue weighted by molar-refractivity contribution is 5.59. The minimum absolute atomic E-state index is 0.652. The monoisotopic (exact) mass is 202 g/mol. The highest BCUT2D eigenvalue weighted by atomic mass is 16.5. The van der Waals surface area contributed by atoms with Crippen LogP contribution >= 0.6 is 0 Å². The number of pyridine rings is 1. The first-order valence-electron chi connectivity index (χ1n) is 5.40. The molecule has 3 heteroatoms. The molecule has 2 aromatic rings. The molecule has 0 spiro atoms. The zero-order valence-electron chi connectivity index (χ0n) is 8.81. The molecule has 1 aliphatic rings. The predicted octanol–water partition coefficient (Wildman–Crippen LogP) is 2.61. The van der Waals surface area contributed by atoms with Gasteiger partial charge in [0.25, 0.3) is 0 Å². The molecule has 2 aromatic heterocycles. The van der Waals surface area contributed by atoms with Crippen LogP contribution in [0.15, 0.2) is 24.5 Å². The van der Waals surface area contributed by atoms with Gasteiger partial charge in [0.1, 0.15) is 17.1 Å². The molecule has 78 valence electrons. The van der Waals surface area contributed by atoms with Crippen LogP contribution in [0.4, 0.5) is 0 Å². The Bertz CT molecular complexity index is 485. The predicted molar refractivity (Wildman–Crippen MR) is 58.3 cm³/mol. The maximum absolute atomic E-state index is 5.31. The molecular weight excluding hydrogens is 188 g/mol. The van der Waals surface area contributed by atoms with Gasteiger partial charge < -0.3 is 9.14 Å². The van der Waals surface area contributed by atoms with E-state index in [-0.39, 0.29) is 0 Å². The molecule has 2 heterocycles. The second-order valence-electron chi connectivity index (χ2n) is 4.08. The SMILES string of the molecule is COc1cccn2c(C3CCC3)ncc12. The molecule has 3 nitrogen and oxygen atoms in total. The maximum Gasteiger partial charge on any atom is 0.144 e. The third-order valence-corrected chi connectivity index (χ3v) is 3.25. The number of ether oxygens (including phenoxy) is 1. The molecule has 0 aromatic carbocycles. The summed E-state index contributed by atoms with van der Waals surface area (Å²) in [6, 6.07) is 3.98. The van der Waals surface area contributed by atoms with Crippen molar-refractivity contribution in [3.63, 3.8) is 0 Å². The molecule has 0 N–H and O–H groups in total. The summed E-state index contributed by atoms with van der Waals surface area (Å²) < 4.78 is 7.47. The topological polar surface area (TPSA) is 26.5 Å². The van der Waals surface area contributed by atoms with E-state index in [0.29, 0.717) is 5.92 Å². The van der Waals surface area contributed by atoms with Crippen LogP contribution in [0.3, 0.4) is 0 Å². The molecule has 0 radical (unpaired) electrons. The fraction of sp³-hybridized carbons (Fsp3) is 0.417. The van der Waals surface area contributed by atoms with Crippen molar-refractivity contribution < 1.29 is 4.74 Å². The number of methoxy groups -OCH3 is 1. The van der Waals surface area contributed by atoms with Gasteiger partial charge in [0, 0.05) is 12.1 Å². The zero-order chi connectivity index (χ0) is 10.3. The first-order valence-corrected chi connectivity index (χ1v) is 5.40. The number of hydrogen-bond donors (Lipinski definition) is 0. The third kappa shape index (κ3) is 1.23. The second kappa shape index (κ2) is 3.26. The van der Waals surface area contributed by atoms with Gasteiger partial charge in [0.05, 0.1) is 13.3 Å². The molecule has 1 fully saturated rings. The number of imidazole rings is 1. The summed E-state index contributed by atoms with van der Waals surface area (Å²) in [6.45, 7) is 0. The highest BCUT2D eigenvalue weighted by Crippen LogP contribution is 2.36. The van der Waals surface area contributed by atoms with E-state index >= 15 is 0 Å². The van der Waals surface area contributed by atoms with Crippen molar-refractivity contribution >= 4 is 5.52 Å². The first-order chi connectivity index (χ1) is 7.40. The van der Waals surface area contributed by atoms with Gasteiger partial charge in [-0.1, -0.05) is 6.42 Å². The molecule has 15 heavy (non-hydrogen) atoms. The molecule has 0 saturated heterocycles. The lowest BCUT2D eigenvalue weighted by Gasteiger charge is -2.24. The van der Waals surface area contributed by atoms with Gasteiger partial charge in [-0.2, -0.15) is 0 Å². The largest absolute Gasteiger partial charge is 0.494 e. The van der Waals surface area contributed by atoms with Gasteiger partial charge in [-0.15, -0.1) is 0 Å². The van der Waals surface area contributed by atoms with E-state index in [4.69, 9.17) is 4.74 Å². The molecule has 0 aliphatic heterocycles. The summed E-state index contributed by atoms with van der Waals surface area (Å²) in [5, 5.41) is 0. The number of hydrogen-bond acceptors (Lipinski definition) is 2. The summed E-state index contributed by atoms with van der Waals surface area (Å²) in [5.74, 6) is 2.74. The van der Waals surface area contributed by atoms with Crippen LogP contribution in [0.25, 0.3) is 5.52 Å². The summed E-state index contributed by atoms with van der Waals surface area (Å²) in [7, 11) is 1.70. The summed E-state index contributed by atoms with van der Waals surface area (Å²) in [6.07, 6.45) is 7.86. The molecule has 0 amide bonds. The van der Waals surface area contributed by atoms with E-state index in [2.05, 4.69) is 15.6 Å². The third-order valence-electron chi connectivity index (χ3n) is 3.25. The number of nitrogens with zero attached hydrogens (tertiary/aromatic N) is 2. The first kappa shape index (κ1) is 8.77. The molecular formula is C12H14N2O. The lowest BCUT2D eigenvalue weighted by atomic mass is 9.85. The van der Waals surface area contributed by atoms with Crippen molar-refractivity contribution in [3.8, 4) is 5.75 Å². The van der Waals surface area contributed by atoms with Crippen molar-refractivity contribution in [1.29, 1.82) is 0 Å². The van der Waals surface area contributed by atoms with E-state index in [0.717, 1.165) is 11.3 Å². The van der Waals surface area contributed by atoms with Crippen LogP contribution in [0.5, 0.6) is 5.75 Å². The Morgan fingerprint density at radius 3 is 3.00 bits per heavy atom. The van der Waals surface area contributed by atoms with Gasteiger partial charge in [-0.25, -0.2) is 4.98 Å². The summed E-state index contributed by atoms with van der Waals surface area (Å²) >= 11 is 0. The zero-order valence-corrected chi connectivity index (χ0v) is 8.81. The van der Waals surface area contributed by atoms with Gasteiger partial charge >= 0.3 is 0 Å². The van der Waals surface area contributed by atoms with Crippen LogP contribution in [0, 0.1) is 0 Å². The van der Waals surface area contributed by atoms with Gasteiger partial charge in [0.15, 0.2) is 0 Å². The summed E-state index contributed by atoms with van der Waals surface area (Å²) in [4.78, 5) is 4.51. The Labute approximate surface area is 88.7 Å². The van der Waals surface area contributed by atoms with Crippen molar-refractivity contribution in [2.45, 2.75) is 25.2 Å². The van der Waals surface area contributed by atoms with Crippen LogP contribution in [-0.4, -0.2) is 16.5 Å². The quantitative estimate of drug-likeness (QED) is 0.748. The Morgan fingerprint density at radius 1 is 1.47 bits per heavy atom. The van der Waals surface area contributed by atoms with Crippen molar-refractivity contribution in [2.75, 3.05) is 7.11 Å². The van der Waals surface area contributed by atoms with Gasteiger partial charge in [-0.05, 0) is 25.0 Å². The number of fused-ring (bicyclic) bond motifs is 1. The van der Waals surface area contributed by atoms with E-state index in [1.165, 1.54) is 25.1 Å². The molecule has 1 saturated carbocycles. The van der Waals surface area contributed by atoms with E-state index in [9.17, 15) is 0 Å². The van der Waals surface area contributed by atoms with Gasteiger partial charge in [-0.3, -0.25) is 0 Å². The minimum atomic E-state index is 0.652. The number of rotatable bonds is 2. The fourth-order valence-corrected chi connectivity index (χ4v) is 2.16. The average molecular weight is 202 g/mol. The second-order valence-corrected chi connectivity index (χ2v) is 4.08. The highest BCUT2D eigenvalue weighted by Gasteiger charge is 2.23. The van der Waals surface area contributed by atoms with Crippen LogP contribution in [0.2, 0.25) is 0 Å². The Morgan fingerprint density at radius 2 is 2.33 bits per heavy atom. The van der Waals surface area contributed by atoms with Crippen molar-refractivity contribution in [2.24, 2.45) is 0 Å². The molecule has 0 bridgehead atoms. The Balaban J connectivity index is 2.16. The maximum atomic E-state index is 5.31. The Kier molecular flexibility index (Phi) is 1.91. The van der Waals surface area contributed by atoms with Crippen molar-refractivity contribution in [1.82, 2.24) is 9.38 Å². The minimum Gasteiger partial charge on any atom is -0.494 e. The van der Waals surface area contributed by atoms with Gasteiger partial charge in [0.2, 0.25) is 0 Å². The summed E-state index contributed by atoms with van der Waals surface area (Å²) in [5.41, 5.74) is 1.07. The smallest absolute Gasteiger partial charge is 0.144 e. The van der Waals surface area contributed by atoms with E-state index in [1.54, 1.807) is 7.11 Å². The average Bonchev–Trinajstić information content (AvgIpc) is 2.59. The molecule has 0 unspecified atom stereocenters. The standard InChI is InChI=1S/C12H14N2O/c1-15-11-6-3-7-14-10(11)8-13-12(14)9-4-2-5-9/h3,6-9H,2,4-5H2,1H3. The number of aromatic nitrogens is 2. The fourth-order valence-electron chi connectivity index (χ4n) is 2.16. The molecule has 1 aliphatic carbocycles. The normalized spacial score (nSPS) is 16.6. The van der Waals surface area contributed by atoms with Crippen LogP contribution < -0.4 is 4.74 Å². The van der Waals surface area contributed by atoms with Crippen molar-refractivity contribution in [3.05, 3.63) is 30.4 Å². The van der Waals surface area contributed by atoms with E-state index < -0.39 is 0 Å².